The topological polar surface area (TPSA) is 12.0 Å². The van der Waals surface area contributed by atoms with Gasteiger partial charge in [-0.15, -0.1) is 0 Å². The Kier molecular flexibility index (Phi) is 2.66. The van der Waals surface area contributed by atoms with Crippen LogP contribution in [0.15, 0.2) is 12.7 Å². The molecule has 0 spiro atoms. The number of alkyl halides is 1. The number of allylic oxidation sites excluding steroid dienone is 1. The van der Waals surface area contributed by atoms with Crippen LogP contribution in [0.1, 0.15) is 19.8 Å². The first kappa shape index (κ1) is 8.72. The second-order valence-electron chi connectivity index (χ2n) is 3.38. The van der Waals surface area contributed by atoms with Crippen molar-refractivity contribution in [3.63, 3.8) is 0 Å². The summed E-state index contributed by atoms with van der Waals surface area (Å²) in [4.78, 5) is 0. The Balaban J connectivity index is 2.50. The lowest BCUT2D eigenvalue weighted by Gasteiger charge is -2.31. The maximum atomic E-state index is 13.6. The first-order valence-electron chi connectivity index (χ1n) is 4.20. The highest BCUT2D eigenvalue weighted by Gasteiger charge is 2.31. The first-order valence-corrected chi connectivity index (χ1v) is 4.20. The maximum absolute atomic E-state index is 13.6. The molecule has 11 heavy (non-hydrogen) atoms. The molecule has 64 valence electrons. The van der Waals surface area contributed by atoms with Crippen molar-refractivity contribution in [2.24, 2.45) is 5.92 Å². The number of rotatable bonds is 2. The van der Waals surface area contributed by atoms with E-state index in [4.69, 9.17) is 0 Å². The lowest BCUT2D eigenvalue weighted by Crippen LogP contribution is -2.37. The number of hydrogen-bond acceptors (Lipinski definition) is 1. The van der Waals surface area contributed by atoms with Gasteiger partial charge >= 0.3 is 0 Å². The predicted octanol–water partition coefficient (Wildman–Crippen LogP) is 1.90. The van der Waals surface area contributed by atoms with Gasteiger partial charge in [0.15, 0.2) is 0 Å². The van der Waals surface area contributed by atoms with Crippen molar-refractivity contribution < 1.29 is 4.39 Å². The second-order valence-corrected chi connectivity index (χ2v) is 3.38. The average molecular weight is 157 g/mol. The molecule has 1 unspecified atom stereocenters. The average Bonchev–Trinajstić information content (AvgIpc) is 2.06. The minimum atomic E-state index is -1.16. The minimum absolute atomic E-state index is 0.168. The van der Waals surface area contributed by atoms with E-state index >= 15 is 0 Å². The van der Waals surface area contributed by atoms with E-state index < -0.39 is 5.67 Å². The lowest BCUT2D eigenvalue weighted by molar-refractivity contribution is 0.129. The van der Waals surface area contributed by atoms with Crippen LogP contribution < -0.4 is 5.32 Å². The summed E-state index contributed by atoms with van der Waals surface area (Å²) in [6, 6.07) is 0. The molecular formula is C9H16FN. The summed E-state index contributed by atoms with van der Waals surface area (Å²) >= 11 is 0. The van der Waals surface area contributed by atoms with E-state index in [0.717, 1.165) is 25.9 Å². The summed E-state index contributed by atoms with van der Waals surface area (Å²) in [5, 5.41) is 3.21. The molecule has 1 atom stereocenters. The summed E-state index contributed by atoms with van der Waals surface area (Å²) < 4.78 is 13.6. The molecular weight excluding hydrogens is 141 g/mol. The summed E-state index contributed by atoms with van der Waals surface area (Å²) in [5.74, 6) is 0.168. The van der Waals surface area contributed by atoms with Crippen LogP contribution >= 0.6 is 0 Å². The summed E-state index contributed by atoms with van der Waals surface area (Å²) in [7, 11) is 0. The maximum Gasteiger partial charge on any atom is 0.129 e. The van der Waals surface area contributed by atoms with E-state index in [0.29, 0.717) is 0 Å². The van der Waals surface area contributed by atoms with Crippen molar-refractivity contribution in [1.82, 2.24) is 5.32 Å². The number of nitrogens with one attached hydrogen (secondary N) is 1. The molecule has 1 nitrogen and oxygen atoms in total. The SMILES string of the molecule is C=CC(C)(F)C1CCNCC1. The Morgan fingerprint density at radius 2 is 2.09 bits per heavy atom. The van der Waals surface area contributed by atoms with E-state index in [-0.39, 0.29) is 5.92 Å². The van der Waals surface area contributed by atoms with Gasteiger partial charge in [0.25, 0.3) is 0 Å². The summed E-state index contributed by atoms with van der Waals surface area (Å²) in [6.07, 6.45) is 3.29. The third-order valence-electron chi connectivity index (χ3n) is 2.54. The van der Waals surface area contributed by atoms with Crippen LogP contribution in [0.25, 0.3) is 0 Å². The highest BCUT2D eigenvalue weighted by atomic mass is 19.1. The molecule has 1 N–H and O–H groups in total. The van der Waals surface area contributed by atoms with Crippen molar-refractivity contribution >= 4 is 0 Å². The standard InChI is InChI=1S/C9H16FN/c1-3-9(2,10)8-4-6-11-7-5-8/h3,8,11H,1,4-7H2,2H3. The fraction of sp³-hybridized carbons (Fsp3) is 0.778. The highest BCUT2D eigenvalue weighted by Crippen LogP contribution is 2.29. The van der Waals surface area contributed by atoms with Crippen LogP contribution in [0.2, 0.25) is 0 Å². The zero-order valence-electron chi connectivity index (χ0n) is 7.07. The zero-order chi connectivity index (χ0) is 8.32. The van der Waals surface area contributed by atoms with Crippen molar-refractivity contribution in [3.8, 4) is 0 Å². The monoisotopic (exact) mass is 157 g/mol. The molecule has 0 saturated carbocycles. The normalized spacial score (nSPS) is 26.0. The van der Waals surface area contributed by atoms with E-state index in [9.17, 15) is 4.39 Å². The van der Waals surface area contributed by atoms with E-state index in [1.165, 1.54) is 6.08 Å². The van der Waals surface area contributed by atoms with E-state index in [2.05, 4.69) is 11.9 Å². The minimum Gasteiger partial charge on any atom is -0.317 e. The Morgan fingerprint density at radius 1 is 1.55 bits per heavy atom. The Morgan fingerprint density at radius 3 is 2.55 bits per heavy atom. The van der Waals surface area contributed by atoms with Gasteiger partial charge in [-0.1, -0.05) is 12.7 Å². The molecule has 1 aliphatic heterocycles. The lowest BCUT2D eigenvalue weighted by atomic mass is 9.84. The fourth-order valence-electron chi connectivity index (χ4n) is 1.55. The zero-order valence-corrected chi connectivity index (χ0v) is 7.07. The van der Waals surface area contributed by atoms with Crippen LogP contribution in [-0.2, 0) is 0 Å². The molecule has 1 heterocycles. The second kappa shape index (κ2) is 3.35. The Bertz CT molecular complexity index is 136. The van der Waals surface area contributed by atoms with Crippen molar-refractivity contribution in [3.05, 3.63) is 12.7 Å². The van der Waals surface area contributed by atoms with Crippen molar-refractivity contribution in [2.45, 2.75) is 25.4 Å². The molecule has 0 aromatic rings. The molecule has 1 aliphatic rings. The van der Waals surface area contributed by atoms with Gasteiger partial charge in [-0.3, -0.25) is 0 Å². The highest BCUT2D eigenvalue weighted by molar-refractivity contribution is 4.98. The molecule has 0 aliphatic carbocycles. The van der Waals surface area contributed by atoms with Gasteiger partial charge < -0.3 is 5.32 Å². The molecule has 1 rings (SSSR count). The third-order valence-corrected chi connectivity index (χ3v) is 2.54. The number of halogens is 1. The summed E-state index contributed by atoms with van der Waals surface area (Å²) in [6.45, 7) is 7.02. The van der Waals surface area contributed by atoms with Crippen LogP contribution in [0.5, 0.6) is 0 Å². The number of hydrogen-bond donors (Lipinski definition) is 1. The van der Waals surface area contributed by atoms with E-state index in [1.54, 1.807) is 6.92 Å². The largest absolute Gasteiger partial charge is 0.317 e. The van der Waals surface area contributed by atoms with Gasteiger partial charge in [0.05, 0.1) is 0 Å². The van der Waals surface area contributed by atoms with Gasteiger partial charge in [-0.2, -0.15) is 0 Å². The predicted molar refractivity (Wildman–Crippen MR) is 45.3 cm³/mol. The van der Waals surface area contributed by atoms with E-state index in [1.807, 2.05) is 0 Å². The van der Waals surface area contributed by atoms with Gasteiger partial charge in [-0.05, 0) is 38.8 Å². The molecule has 0 amide bonds. The molecule has 0 radical (unpaired) electrons. The van der Waals surface area contributed by atoms with Crippen LogP contribution in [0.3, 0.4) is 0 Å². The van der Waals surface area contributed by atoms with Gasteiger partial charge in [0.2, 0.25) is 0 Å². The van der Waals surface area contributed by atoms with Gasteiger partial charge in [0.1, 0.15) is 5.67 Å². The molecule has 1 saturated heterocycles. The molecule has 2 heteroatoms. The van der Waals surface area contributed by atoms with Crippen molar-refractivity contribution in [2.75, 3.05) is 13.1 Å². The smallest absolute Gasteiger partial charge is 0.129 e. The number of piperidine rings is 1. The molecule has 1 fully saturated rings. The van der Waals surface area contributed by atoms with Gasteiger partial charge in [-0.25, -0.2) is 4.39 Å². The summed E-state index contributed by atoms with van der Waals surface area (Å²) in [5.41, 5.74) is -1.16. The Labute approximate surface area is 67.7 Å². The van der Waals surface area contributed by atoms with Crippen LogP contribution in [0.4, 0.5) is 4.39 Å². The molecule has 0 bridgehead atoms. The third kappa shape index (κ3) is 2.03. The van der Waals surface area contributed by atoms with Gasteiger partial charge in [0, 0.05) is 0 Å². The quantitative estimate of drug-likeness (QED) is 0.604. The molecule has 0 aromatic carbocycles. The first-order chi connectivity index (χ1) is 5.17. The van der Waals surface area contributed by atoms with Crippen LogP contribution in [-0.4, -0.2) is 18.8 Å². The van der Waals surface area contributed by atoms with Crippen LogP contribution in [0, 0.1) is 5.92 Å². The fourth-order valence-corrected chi connectivity index (χ4v) is 1.55. The molecule has 0 aromatic heterocycles. The van der Waals surface area contributed by atoms with Crippen molar-refractivity contribution in [1.29, 1.82) is 0 Å². The Hall–Kier alpha value is -0.370.